The summed E-state index contributed by atoms with van der Waals surface area (Å²) in [7, 11) is 1.74. The average molecular weight is 304 g/mol. The van der Waals surface area contributed by atoms with Crippen LogP contribution in [0.15, 0.2) is 24.3 Å². The third-order valence-corrected chi connectivity index (χ3v) is 4.60. The van der Waals surface area contributed by atoms with Crippen LogP contribution >= 0.6 is 11.3 Å². The first-order chi connectivity index (χ1) is 10.0. The highest BCUT2D eigenvalue weighted by molar-refractivity contribution is 7.11. The Morgan fingerprint density at radius 3 is 2.52 bits per heavy atom. The molecule has 0 bridgehead atoms. The molecule has 0 aliphatic rings. The summed E-state index contributed by atoms with van der Waals surface area (Å²) in [5.74, 6) is 0. The summed E-state index contributed by atoms with van der Waals surface area (Å²) in [6, 6.07) is 8.94. The van der Waals surface area contributed by atoms with Crippen LogP contribution in [-0.4, -0.2) is 18.1 Å². The van der Waals surface area contributed by atoms with E-state index in [0.717, 1.165) is 10.7 Å². The van der Waals surface area contributed by atoms with Gasteiger partial charge in [0, 0.05) is 18.0 Å². The van der Waals surface area contributed by atoms with Crippen LogP contribution in [0.2, 0.25) is 0 Å². The van der Waals surface area contributed by atoms with E-state index in [2.05, 4.69) is 57.3 Å². The van der Waals surface area contributed by atoms with Crippen molar-refractivity contribution in [2.45, 2.75) is 46.4 Å². The standard InChI is InChI=1S/C17H24N2OS/c1-11(2)18-16(17-19-12(3)13(4)21-17)15-9-7-6-8-14(15)10-20-5/h6-9,11,16,18H,10H2,1-5H3. The van der Waals surface area contributed by atoms with E-state index < -0.39 is 0 Å². The van der Waals surface area contributed by atoms with Crippen molar-refractivity contribution in [2.24, 2.45) is 0 Å². The highest BCUT2D eigenvalue weighted by Crippen LogP contribution is 2.30. The van der Waals surface area contributed by atoms with Gasteiger partial charge in [0.05, 0.1) is 18.3 Å². The highest BCUT2D eigenvalue weighted by atomic mass is 32.1. The summed E-state index contributed by atoms with van der Waals surface area (Å²) in [6.45, 7) is 9.15. The van der Waals surface area contributed by atoms with Gasteiger partial charge in [0.15, 0.2) is 0 Å². The second kappa shape index (κ2) is 7.16. The van der Waals surface area contributed by atoms with E-state index in [1.165, 1.54) is 16.0 Å². The largest absolute Gasteiger partial charge is 0.380 e. The summed E-state index contributed by atoms with van der Waals surface area (Å²) in [5.41, 5.74) is 3.58. The lowest BCUT2D eigenvalue weighted by atomic mass is 10.0. The Kier molecular flexibility index (Phi) is 5.51. The molecule has 0 radical (unpaired) electrons. The van der Waals surface area contributed by atoms with Crippen molar-refractivity contribution in [2.75, 3.05) is 7.11 Å². The summed E-state index contributed by atoms with van der Waals surface area (Å²) in [6.07, 6.45) is 0. The van der Waals surface area contributed by atoms with E-state index in [0.29, 0.717) is 12.6 Å². The van der Waals surface area contributed by atoms with E-state index in [1.54, 1.807) is 18.4 Å². The van der Waals surface area contributed by atoms with Crippen LogP contribution < -0.4 is 5.32 Å². The number of thiazole rings is 1. The van der Waals surface area contributed by atoms with Gasteiger partial charge in [-0.1, -0.05) is 24.3 Å². The predicted octanol–water partition coefficient (Wildman–Crippen LogP) is 3.99. The number of hydrogen-bond donors (Lipinski definition) is 1. The van der Waals surface area contributed by atoms with Crippen molar-refractivity contribution >= 4 is 11.3 Å². The fraction of sp³-hybridized carbons (Fsp3) is 0.471. The number of nitrogens with one attached hydrogen (secondary N) is 1. The molecular formula is C17H24N2OS. The van der Waals surface area contributed by atoms with E-state index in [9.17, 15) is 0 Å². The molecule has 21 heavy (non-hydrogen) atoms. The molecule has 4 heteroatoms. The van der Waals surface area contributed by atoms with E-state index in [1.807, 2.05) is 0 Å². The molecule has 1 unspecified atom stereocenters. The Balaban J connectivity index is 2.45. The Labute approximate surface area is 131 Å². The molecule has 0 amide bonds. The molecule has 1 N–H and O–H groups in total. The van der Waals surface area contributed by atoms with Gasteiger partial charge in [-0.2, -0.15) is 0 Å². The number of hydrogen-bond acceptors (Lipinski definition) is 4. The first-order valence-electron chi connectivity index (χ1n) is 7.29. The quantitative estimate of drug-likeness (QED) is 0.876. The Morgan fingerprint density at radius 2 is 1.95 bits per heavy atom. The zero-order valence-corrected chi connectivity index (χ0v) is 14.3. The summed E-state index contributed by atoms with van der Waals surface area (Å²) in [5, 5.41) is 4.77. The lowest BCUT2D eigenvalue weighted by molar-refractivity contribution is 0.183. The molecule has 1 aromatic heterocycles. The van der Waals surface area contributed by atoms with Crippen LogP contribution in [0.4, 0.5) is 0 Å². The molecule has 1 aromatic carbocycles. The minimum Gasteiger partial charge on any atom is -0.380 e. The van der Waals surface area contributed by atoms with Gasteiger partial charge in [0.1, 0.15) is 5.01 Å². The number of ether oxygens (including phenoxy) is 1. The number of nitrogens with zero attached hydrogens (tertiary/aromatic N) is 1. The Morgan fingerprint density at radius 1 is 1.24 bits per heavy atom. The summed E-state index contributed by atoms with van der Waals surface area (Å²) >= 11 is 1.77. The molecular weight excluding hydrogens is 280 g/mol. The molecule has 3 nitrogen and oxygen atoms in total. The minimum atomic E-state index is 0.119. The molecule has 0 spiro atoms. The Bertz CT molecular complexity index is 573. The minimum absolute atomic E-state index is 0.119. The van der Waals surface area contributed by atoms with Crippen LogP contribution in [-0.2, 0) is 11.3 Å². The number of benzene rings is 1. The SMILES string of the molecule is COCc1ccccc1C(NC(C)C)c1nc(C)c(C)s1. The number of aryl methyl sites for hydroxylation is 2. The fourth-order valence-corrected chi connectivity index (χ4v) is 3.35. The first-order valence-corrected chi connectivity index (χ1v) is 8.11. The third kappa shape index (κ3) is 3.90. The molecule has 1 atom stereocenters. The number of methoxy groups -OCH3 is 1. The van der Waals surface area contributed by atoms with Crippen LogP contribution in [0.25, 0.3) is 0 Å². The monoisotopic (exact) mass is 304 g/mol. The van der Waals surface area contributed by atoms with Gasteiger partial charge in [-0.3, -0.25) is 0 Å². The van der Waals surface area contributed by atoms with Gasteiger partial charge in [0.25, 0.3) is 0 Å². The topological polar surface area (TPSA) is 34.1 Å². The van der Waals surface area contributed by atoms with Gasteiger partial charge in [0.2, 0.25) is 0 Å². The zero-order chi connectivity index (χ0) is 15.4. The van der Waals surface area contributed by atoms with Crippen LogP contribution in [0, 0.1) is 13.8 Å². The summed E-state index contributed by atoms with van der Waals surface area (Å²) < 4.78 is 5.34. The highest BCUT2D eigenvalue weighted by Gasteiger charge is 2.21. The molecule has 0 aliphatic carbocycles. The van der Waals surface area contributed by atoms with Crippen molar-refractivity contribution in [3.8, 4) is 0 Å². The van der Waals surface area contributed by atoms with E-state index in [-0.39, 0.29) is 6.04 Å². The van der Waals surface area contributed by atoms with Gasteiger partial charge >= 0.3 is 0 Å². The fourth-order valence-electron chi connectivity index (χ4n) is 2.35. The van der Waals surface area contributed by atoms with E-state index >= 15 is 0 Å². The average Bonchev–Trinajstić information content (AvgIpc) is 2.77. The maximum Gasteiger partial charge on any atom is 0.115 e. The summed E-state index contributed by atoms with van der Waals surface area (Å²) in [4.78, 5) is 6.04. The molecule has 2 rings (SSSR count). The van der Waals surface area contributed by atoms with Gasteiger partial charge in [-0.25, -0.2) is 4.98 Å². The maximum atomic E-state index is 5.34. The zero-order valence-electron chi connectivity index (χ0n) is 13.4. The second-order valence-electron chi connectivity index (χ2n) is 5.58. The van der Waals surface area contributed by atoms with Crippen LogP contribution in [0.3, 0.4) is 0 Å². The normalized spacial score (nSPS) is 12.9. The van der Waals surface area contributed by atoms with Crippen LogP contribution in [0.5, 0.6) is 0 Å². The van der Waals surface area contributed by atoms with Crippen LogP contribution in [0.1, 0.15) is 46.6 Å². The smallest absolute Gasteiger partial charge is 0.115 e. The van der Waals surface area contributed by atoms with Crippen molar-refractivity contribution in [3.63, 3.8) is 0 Å². The van der Waals surface area contributed by atoms with Crippen molar-refractivity contribution < 1.29 is 4.74 Å². The molecule has 0 saturated heterocycles. The van der Waals surface area contributed by atoms with Gasteiger partial charge in [-0.15, -0.1) is 11.3 Å². The molecule has 0 saturated carbocycles. The lowest BCUT2D eigenvalue weighted by Crippen LogP contribution is -2.29. The predicted molar refractivity (Wildman–Crippen MR) is 88.9 cm³/mol. The first kappa shape index (κ1) is 16.1. The maximum absolute atomic E-state index is 5.34. The van der Waals surface area contributed by atoms with E-state index in [4.69, 9.17) is 9.72 Å². The number of rotatable bonds is 6. The van der Waals surface area contributed by atoms with Gasteiger partial charge in [-0.05, 0) is 38.8 Å². The molecule has 0 fully saturated rings. The molecule has 0 aliphatic heterocycles. The van der Waals surface area contributed by atoms with Crippen molar-refractivity contribution in [1.82, 2.24) is 10.3 Å². The molecule has 1 heterocycles. The van der Waals surface area contributed by atoms with Crippen molar-refractivity contribution in [1.29, 1.82) is 0 Å². The lowest BCUT2D eigenvalue weighted by Gasteiger charge is -2.22. The molecule has 2 aromatic rings. The second-order valence-corrected chi connectivity index (χ2v) is 6.81. The Hall–Kier alpha value is -1.23. The van der Waals surface area contributed by atoms with Gasteiger partial charge < -0.3 is 10.1 Å². The third-order valence-electron chi connectivity index (χ3n) is 3.46. The number of aromatic nitrogens is 1. The van der Waals surface area contributed by atoms with Crippen molar-refractivity contribution in [3.05, 3.63) is 51.0 Å². The molecule has 114 valence electrons.